The fourth-order valence-electron chi connectivity index (χ4n) is 3.19. The number of rotatable bonds is 7. The van der Waals surface area contributed by atoms with Gasteiger partial charge in [0.25, 0.3) is 0 Å². The van der Waals surface area contributed by atoms with Crippen molar-refractivity contribution in [1.82, 2.24) is 19.7 Å². The van der Waals surface area contributed by atoms with Gasteiger partial charge in [0, 0.05) is 13.1 Å². The lowest BCUT2D eigenvalue weighted by molar-refractivity contribution is -0.155. The predicted octanol–water partition coefficient (Wildman–Crippen LogP) is 3.06. The number of carbonyl (C=O) groups excluding carboxylic acids is 2. The average molecular weight is 409 g/mol. The van der Waals surface area contributed by atoms with E-state index in [9.17, 15) is 9.59 Å². The number of carbonyl (C=O) groups is 2. The molecule has 27 heavy (non-hydrogen) atoms. The van der Waals surface area contributed by atoms with Gasteiger partial charge in [0.2, 0.25) is 5.91 Å². The maximum absolute atomic E-state index is 12.8. The Labute approximate surface area is 167 Å². The Morgan fingerprint density at radius 3 is 2.89 bits per heavy atom. The Balaban J connectivity index is 1.67. The van der Waals surface area contributed by atoms with Crippen LogP contribution in [0.2, 0.25) is 0 Å². The van der Waals surface area contributed by atoms with Crippen molar-refractivity contribution in [2.75, 3.05) is 18.9 Å². The smallest absolute Gasteiger partial charge is 0.328 e. The molecule has 0 bridgehead atoms. The maximum atomic E-state index is 12.8. The molecule has 7 nitrogen and oxygen atoms in total. The van der Waals surface area contributed by atoms with Crippen molar-refractivity contribution in [3.63, 3.8) is 0 Å². The van der Waals surface area contributed by atoms with Gasteiger partial charge in [-0.15, -0.1) is 21.5 Å². The van der Waals surface area contributed by atoms with E-state index in [-0.39, 0.29) is 17.6 Å². The lowest BCUT2D eigenvalue weighted by Gasteiger charge is -2.33. The summed E-state index contributed by atoms with van der Waals surface area (Å²) in [6.45, 7) is 5.48. The molecule has 3 rings (SSSR count). The Kier molecular flexibility index (Phi) is 6.89. The minimum atomic E-state index is -0.461. The topological polar surface area (TPSA) is 77.3 Å². The van der Waals surface area contributed by atoms with Crippen LogP contribution in [0.1, 0.15) is 33.1 Å². The third kappa shape index (κ3) is 4.52. The predicted molar refractivity (Wildman–Crippen MR) is 106 cm³/mol. The summed E-state index contributed by atoms with van der Waals surface area (Å²) in [6, 6.07) is 3.53. The van der Waals surface area contributed by atoms with Crippen molar-refractivity contribution in [2.45, 2.75) is 50.9 Å². The van der Waals surface area contributed by atoms with Crippen LogP contribution in [0.3, 0.4) is 0 Å². The number of esters is 1. The van der Waals surface area contributed by atoms with Crippen LogP contribution in [0.15, 0.2) is 22.7 Å². The number of nitrogens with zero attached hydrogens (tertiary/aromatic N) is 4. The van der Waals surface area contributed by atoms with E-state index in [0.717, 1.165) is 35.2 Å². The van der Waals surface area contributed by atoms with Gasteiger partial charge in [-0.25, -0.2) is 4.79 Å². The van der Waals surface area contributed by atoms with Gasteiger partial charge in [-0.3, -0.25) is 4.79 Å². The van der Waals surface area contributed by atoms with Gasteiger partial charge in [-0.2, -0.15) is 0 Å². The van der Waals surface area contributed by atoms with Crippen LogP contribution in [-0.4, -0.2) is 56.5 Å². The molecule has 0 saturated carbocycles. The highest BCUT2D eigenvalue weighted by atomic mass is 32.2. The molecule has 146 valence electrons. The second-order valence-electron chi connectivity index (χ2n) is 6.17. The molecule has 1 aliphatic rings. The number of amides is 1. The fourth-order valence-corrected chi connectivity index (χ4v) is 4.80. The molecule has 1 aliphatic heterocycles. The van der Waals surface area contributed by atoms with E-state index in [4.69, 9.17) is 4.74 Å². The number of hydrogen-bond acceptors (Lipinski definition) is 7. The molecule has 1 atom stereocenters. The molecule has 0 radical (unpaired) electrons. The molecular formula is C18H24N4O3S2. The fraction of sp³-hybridized carbons (Fsp3) is 0.556. The quantitative estimate of drug-likeness (QED) is 0.518. The number of likely N-dealkylation sites (tertiary alicyclic amines) is 1. The molecule has 0 spiro atoms. The summed E-state index contributed by atoms with van der Waals surface area (Å²) < 4.78 is 7.16. The van der Waals surface area contributed by atoms with E-state index in [1.165, 1.54) is 11.8 Å². The van der Waals surface area contributed by atoms with E-state index >= 15 is 0 Å². The van der Waals surface area contributed by atoms with Gasteiger partial charge in [-0.1, -0.05) is 17.8 Å². The normalized spacial score (nSPS) is 17.1. The number of hydrogen-bond donors (Lipinski definition) is 0. The summed E-state index contributed by atoms with van der Waals surface area (Å²) in [5.41, 5.74) is 0. The van der Waals surface area contributed by atoms with Gasteiger partial charge in [0.05, 0.1) is 17.2 Å². The number of aromatic nitrogens is 3. The van der Waals surface area contributed by atoms with E-state index in [1.807, 2.05) is 29.0 Å². The second-order valence-corrected chi connectivity index (χ2v) is 8.06. The van der Waals surface area contributed by atoms with Crippen molar-refractivity contribution in [2.24, 2.45) is 0 Å². The van der Waals surface area contributed by atoms with Gasteiger partial charge >= 0.3 is 5.97 Å². The Morgan fingerprint density at radius 1 is 1.33 bits per heavy atom. The summed E-state index contributed by atoms with van der Waals surface area (Å²) in [7, 11) is 0. The van der Waals surface area contributed by atoms with E-state index in [0.29, 0.717) is 19.6 Å². The lowest BCUT2D eigenvalue weighted by atomic mass is 10.0. The largest absolute Gasteiger partial charge is 0.464 e. The number of piperidine rings is 1. The van der Waals surface area contributed by atoms with Crippen molar-refractivity contribution >= 4 is 35.0 Å². The summed E-state index contributed by atoms with van der Waals surface area (Å²) in [5.74, 6) is 0.705. The SMILES string of the molecule is CCOC(=O)[C@@H]1CCCCN1C(=O)CSc1nnc(-c2cccs2)n1CC. The van der Waals surface area contributed by atoms with Crippen molar-refractivity contribution in [1.29, 1.82) is 0 Å². The summed E-state index contributed by atoms with van der Waals surface area (Å²) in [5, 5.41) is 11.3. The second kappa shape index (κ2) is 9.36. The number of thioether (sulfide) groups is 1. The van der Waals surface area contributed by atoms with Crippen molar-refractivity contribution in [3.8, 4) is 10.7 Å². The van der Waals surface area contributed by atoms with Gasteiger partial charge in [0.1, 0.15) is 6.04 Å². The van der Waals surface area contributed by atoms with Gasteiger partial charge < -0.3 is 14.2 Å². The van der Waals surface area contributed by atoms with Crippen molar-refractivity contribution < 1.29 is 14.3 Å². The summed E-state index contributed by atoms with van der Waals surface area (Å²) >= 11 is 2.98. The summed E-state index contributed by atoms with van der Waals surface area (Å²) in [4.78, 5) is 27.7. The van der Waals surface area contributed by atoms with Crippen LogP contribution in [0.4, 0.5) is 0 Å². The molecule has 0 aromatic carbocycles. The molecular weight excluding hydrogens is 384 g/mol. The average Bonchev–Trinajstić information content (AvgIpc) is 3.35. The zero-order valence-electron chi connectivity index (χ0n) is 15.6. The Bertz CT molecular complexity index is 776. The highest BCUT2D eigenvalue weighted by molar-refractivity contribution is 7.99. The zero-order chi connectivity index (χ0) is 19.2. The zero-order valence-corrected chi connectivity index (χ0v) is 17.2. The standard InChI is InChI=1S/C18H24N4O3S2/c1-3-21-16(14-9-7-11-26-14)19-20-18(21)27-12-15(23)22-10-6-5-8-13(22)17(24)25-4-2/h7,9,11,13H,3-6,8,10,12H2,1-2H3/t13-/m0/s1. The van der Waals surface area contributed by atoms with Crippen LogP contribution in [0, 0.1) is 0 Å². The van der Waals surface area contributed by atoms with E-state index in [2.05, 4.69) is 10.2 Å². The minimum absolute atomic E-state index is 0.0546. The molecule has 2 aromatic rings. The summed E-state index contributed by atoms with van der Waals surface area (Å²) in [6.07, 6.45) is 2.53. The van der Waals surface area contributed by atoms with Crippen LogP contribution in [0.5, 0.6) is 0 Å². The van der Waals surface area contributed by atoms with E-state index < -0.39 is 6.04 Å². The van der Waals surface area contributed by atoms with Gasteiger partial charge in [-0.05, 0) is 44.6 Å². The Hall–Kier alpha value is -1.87. The van der Waals surface area contributed by atoms with Gasteiger partial charge in [0.15, 0.2) is 11.0 Å². The molecule has 1 saturated heterocycles. The third-order valence-corrected chi connectivity index (χ3v) is 6.30. The molecule has 0 N–H and O–H groups in total. The first kappa shape index (κ1) is 19.9. The van der Waals surface area contributed by atoms with Crippen LogP contribution in [-0.2, 0) is 20.9 Å². The Morgan fingerprint density at radius 2 is 2.19 bits per heavy atom. The highest BCUT2D eigenvalue weighted by Gasteiger charge is 2.33. The highest BCUT2D eigenvalue weighted by Crippen LogP contribution is 2.28. The molecule has 0 unspecified atom stereocenters. The molecule has 1 amide bonds. The molecule has 0 aliphatic carbocycles. The van der Waals surface area contributed by atoms with Crippen LogP contribution >= 0.6 is 23.1 Å². The van der Waals surface area contributed by atoms with Crippen molar-refractivity contribution in [3.05, 3.63) is 17.5 Å². The van der Waals surface area contributed by atoms with Crippen LogP contribution in [0.25, 0.3) is 10.7 Å². The monoisotopic (exact) mass is 408 g/mol. The molecule has 2 aromatic heterocycles. The lowest BCUT2D eigenvalue weighted by Crippen LogP contribution is -2.49. The molecule has 9 heteroatoms. The number of thiophene rings is 1. The van der Waals surface area contributed by atoms with Crippen LogP contribution < -0.4 is 0 Å². The first-order valence-corrected chi connectivity index (χ1v) is 11.1. The maximum Gasteiger partial charge on any atom is 0.328 e. The minimum Gasteiger partial charge on any atom is -0.464 e. The molecule has 1 fully saturated rings. The third-order valence-electron chi connectivity index (χ3n) is 4.48. The molecule has 3 heterocycles. The first-order chi connectivity index (χ1) is 13.2. The number of ether oxygens (including phenoxy) is 1. The van der Waals surface area contributed by atoms with E-state index in [1.54, 1.807) is 23.2 Å². The first-order valence-electron chi connectivity index (χ1n) is 9.21.